The molecule has 0 aromatic heterocycles. The summed E-state index contributed by atoms with van der Waals surface area (Å²) in [7, 11) is 3.58. The number of rotatable bonds is 38. The quantitative estimate of drug-likeness (QED) is 0.0256. The molecule has 0 spiro atoms. The second kappa shape index (κ2) is 53.5. The second-order valence-electron chi connectivity index (χ2n) is 15.2. The van der Waals surface area contributed by atoms with Gasteiger partial charge in [0.1, 0.15) is 36.7 Å². The van der Waals surface area contributed by atoms with Crippen molar-refractivity contribution in [1.29, 1.82) is 0 Å². The summed E-state index contributed by atoms with van der Waals surface area (Å²) in [5.41, 5.74) is 21.7. The van der Waals surface area contributed by atoms with E-state index in [1.165, 1.54) is 4.90 Å². The van der Waals surface area contributed by atoms with Crippen LogP contribution in [0.25, 0.3) is 0 Å². The fraction of sp³-hybridized carbons (Fsp3) is 0.619. The lowest BCUT2D eigenvalue weighted by Gasteiger charge is -2.23. The molecule has 0 aromatic rings. The number of aldehydes is 4. The summed E-state index contributed by atoms with van der Waals surface area (Å²) in [6.45, 7) is -2.35. The number of hydrogen-bond donors (Lipinski definition) is 12. The Balaban J connectivity index is -0.000000211. The molecule has 2 amide bonds. The van der Waals surface area contributed by atoms with E-state index in [9.17, 15) is 67.1 Å². The molecule has 0 aliphatic rings. The molecule has 0 fully saturated rings. The average Bonchev–Trinajstić information content (AvgIpc) is 3.30. The highest BCUT2D eigenvalue weighted by molar-refractivity contribution is 5.86. The maximum absolute atomic E-state index is 11.6. The van der Waals surface area contributed by atoms with Gasteiger partial charge in [-0.3, -0.25) is 62.6 Å². The first-order valence-corrected chi connectivity index (χ1v) is 22.0. The average molecular weight is 1100 g/mol. The van der Waals surface area contributed by atoms with E-state index in [2.05, 4.69) is 10.6 Å². The number of carbonyl (C=O) groups excluding carboxylic acids is 12. The van der Waals surface area contributed by atoms with Gasteiger partial charge in [-0.05, 0) is 52.9 Å². The molecule has 0 radical (unpaired) electrons. The highest BCUT2D eigenvalue weighted by atomic mass is 16.4. The third kappa shape index (κ3) is 58.8. The van der Waals surface area contributed by atoms with Gasteiger partial charge in [0.2, 0.25) is 11.8 Å². The maximum Gasteiger partial charge on any atom is 0.373 e. The van der Waals surface area contributed by atoms with Crippen molar-refractivity contribution < 1.29 is 117 Å². The second-order valence-corrected chi connectivity index (χ2v) is 15.2. The van der Waals surface area contributed by atoms with Crippen molar-refractivity contribution in [2.45, 2.75) is 75.5 Å². The minimum atomic E-state index is -1.25. The molecular formula is C42H70N10O24. The van der Waals surface area contributed by atoms with E-state index >= 15 is 0 Å². The predicted octanol–water partition coefficient (Wildman–Crippen LogP) is -7.65. The molecule has 34 heteroatoms. The molecular weight excluding hydrogens is 1030 g/mol. The first-order valence-electron chi connectivity index (χ1n) is 22.0. The number of carboxylic acid groups (broad SMARTS) is 6. The van der Waals surface area contributed by atoms with E-state index in [4.69, 9.17) is 72.8 Å². The van der Waals surface area contributed by atoms with Crippen LogP contribution in [-0.4, -0.2) is 264 Å². The van der Waals surface area contributed by atoms with Crippen LogP contribution in [0, 0.1) is 0 Å². The van der Waals surface area contributed by atoms with Crippen molar-refractivity contribution in [3.8, 4) is 0 Å². The van der Waals surface area contributed by atoms with Crippen molar-refractivity contribution in [1.82, 2.24) is 30.2 Å². The first kappa shape index (κ1) is 79.6. The summed E-state index contributed by atoms with van der Waals surface area (Å²) in [6.07, 6.45) is 4.29. The van der Waals surface area contributed by atoms with Crippen molar-refractivity contribution in [2.24, 2.45) is 22.9 Å². The predicted molar refractivity (Wildman–Crippen MR) is 253 cm³/mol. The van der Waals surface area contributed by atoms with Gasteiger partial charge in [0.15, 0.2) is 0 Å². The Morgan fingerprint density at radius 2 is 0.895 bits per heavy atom. The fourth-order valence-corrected chi connectivity index (χ4v) is 5.23. The van der Waals surface area contributed by atoms with Crippen LogP contribution in [0.5, 0.6) is 0 Å². The summed E-state index contributed by atoms with van der Waals surface area (Å²) >= 11 is 0. The summed E-state index contributed by atoms with van der Waals surface area (Å²) in [5, 5.41) is 56.6. The zero-order valence-corrected chi connectivity index (χ0v) is 41.9. The molecule has 76 heavy (non-hydrogen) atoms. The Bertz CT molecular complexity index is 1800. The van der Waals surface area contributed by atoms with Gasteiger partial charge in [-0.2, -0.15) is 19.2 Å². The Morgan fingerprint density at radius 3 is 1.22 bits per heavy atom. The lowest BCUT2D eigenvalue weighted by molar-refractivity contribution is -0.193. The van der Waals surface area contributed by atoms with Crippen LogP contribution in [0.4, 0.5) is 0 Å². The van der Waals surface area contributed by atoms with Gasteiger partial charge < -0.3 is 88.3 Å². The molecule has 0 saturated carbocycles. The smallest absolute Gasteiger partial charge is 0.373 e. The van der Waals surface area contributed by atoms with Crippen LogP contribution in [0.15, 0.2) is 0 Å². The number of Topliss-reactive ketones (excluding diaryl/α,β-unsaturated/α-hetero) is 2. The molecule has 0 saturated heterocycles. The number of amides is 2. The van der Waals surface area contributed by atoms with Crippen molar-refractivity contribution >= 4 is 96.6 Å². The minimum absolute atomic E-state index is 0.0442. The van der Waals surface area contributed by atoms with Gasteiger partial charge >= 0.3 is 48.1 Å². The van der Waals surface area contributed by atoms with E-state index in [1.54, 1.807) is 19.0 Å². The van der Waals surface area contributed by atoms with Crippen LogP contribution < -0.4 is 33.6 Å². The molecule has 4 atom stereocenters. The number of nitrogens with two attached hydrogens (primary N) is 4. The zero-order chi connectivity index (χ0) is 60.2. The van der Waals surface area contributed by atoms with Crippen LogP contribution >= 0.6 is 0 Å². The largest absolute Gasteiger partial charge is 0.480 e. The lowest BCUT2D eigenvalue weighted by atomic mass is 10.1. The number of ketones is 2. The number of hydrogen-bond acceptors (Lipinski definition) is 26. The van der Waals surface area contributed by atoms with E-state index in [1.807, 2.05) is 0 Å². The number of likely N-dealkylation sites (N-methyl/N-ethyl adjacent to an activating group) is 1. The topological polar surface area (TPSA) is 570 Å². The number of carboxylic acids is 6. The molecule has 16 N–H and O–H groups in total. The van der Waals surface area contributed by atoms with Crippen LogP contribution in [0.1, 0.15) is 51.4 Å². The van der Waals surface area contributed by atoms with Crippen LogP contribution in [0.3, 0.4) is 0 Å². The molecule has 432 valence electrons. The van der Waals surface area contributed by atoms with E-state index in [0.29, 0.717) is 38.1 Å². The molecule has 0 aliphatic carbocycles. The Kier molecular flexibility index (Phi) is 56.1. The number of carbonyl (C=O) groups is 14. The fourth-order valence-electron chi connectivity index (χ4n) is 5.23. The maximum atomic E-state index is 11.6. The summed E-state index contributed by atoms with van der Waals surface area (Å²) in [5.74, 6) is -8.47. The highest BCUT2D eigenvalue weighted by Crippen LogP contribution is 2.02. The van der Waals surface area contributed by atoms with Gasteiger partial charge in [0, 0.05) is 38.8 Å². The van der Waals surface area contributed by atoms with E-state index in [-0.39, 0.29) is 101 Å². The Hall–Kier alpha value is -7.78. The van der Waals surface area contributed by atoms with Gasteiger partial charge in [0.25, 0.3) is 0 Å². The van der Waals surface area contributed by atoms with Gasteiger partial charge in [-0.25, -0.2) is 0 Å². The molecule has 0 aliphatic heterocycles. The summed E-state index contributed by atoms with van der Waals surface area (Å²) in [6, 6.07) is -2.82. The minimum Gasteiger partial charge on any atom is -0.480 e. The number of nitrogens with one attached hydrogen (secondary N) is 2. The van der Waals surface area contributed by atoms with Crippen LogP contribution in [0.2, 0.25) is 0 Å². The molecule has 0 aromatic carbocycles. The third-order valence-electron chi connectivity index (χ3n) is 8.39. The van der Waals surface area contributed by atoms with E-state index < -0.39 is 112 Å². The van der Waals surface area contributed by atoms with Gasteiger partial charge in [0.05, 0.1) is 76.5 Å². The van der Waals surface area contributed by atoms with Gasteiger partial charge in [-0.1, -0.05) is 0 Å². The summed E-state index contributed by atoms with van der Waals surface area (Å²) < 4.78 is 0. The van der Waals surface area contributed by atoms with Crippen molar-refractivity contribution in [2.75, 3.05) is 92.6 Å². The zero-order valence-electron chi connectivity index (χ0n) is 41.9. The van der Waals surface area contributed by atoms with Crippen molar-refractivity contribution in [3.05, 3.63) is 0 Å². The normalized spacial score (nSPS) is 11.4. The number of aliphatic carboxylic acids is 6. The molecule has 0 unspecified atom stereocenters. The standard InChI is InChI=1S/C13H21N3O7.C11H18N2O6.C8H17N3O2.C8H14N2O5.2CO2/c14-9(10(18)2-1-5-17)3-4-15-11(19)6-16(7-12(20)21)8-13(22)23;12-8(9(15)2-1-5-14)3-4-13(6-10(16)17)7-11(18)19;1-11(2)5-8(13)10-7(6-12)3-4-9;9-2-1-6(5-11)10(3-7(12)13)4-8(14)15;2*2-1-3/h5,9H,1-4,6-8,14H2,(H,15,19)(H,20,21)(H,22,23);5,8H,1-4,6-7,12H2,(H,16,17)(H,18,19);6-7H,3-5,9H2,1-2H3,(H,10,13);5-6H,1-4,9H2,(H,12,13)(H,14,15);;/t9-;8-;7-;6-;;/m1111../s1. The van der Waals surface area contributed by atoms with E-state index in [0.717, 1.165) is 9.80 Å². The lowest BCUT2D eigenvalue weighted by Crippen LogP contribution is -2.44. The Labute approximate surface area is 434 Å². The Morgan fingerprint density at radius 1 is 0.513 bits per heavy atom. The molecule has 0 heterocycles. The SMILES string of the molecule is CN(C)CC(=O)N[C@@H](C=O)CCN.NCC[C@H](C=O)N(CC(=O)O)CC(=O)O.N[C@H](CCN(CC(=O)O)CC(=O)O)C(=O)CCC=O.N[C@H](CCNC(=O)CN(CC(=O)O)CC(=O)O)C(=O)CCC=O.O=C=O.O=C=O. The molecule has 0 bridgehead atoms. The molecule has 0 rings (SSSR count). The number of nitrogens with zero attached hydrogens (tertiary/aromatic N) is 4. The first-order chi connectivity index (χ1) is 35.5. The van der Waals surface area contributed by atoms with Crippen LogP contribution in [-0.2, 0) is 86.3 Å². The third-order valence-corrected chi connectivity index (χ3v) is 8.39. The molecule has 34 nitrogen and oxygen atoms in total. The summed E-state index contributed by atoms with van der Waals surface area (Å²) in [4.78, 5) is 188. The van der Waals surface area contributed by atoms with Crippen molar-refractivity contribution in [3.63, 3.8) is 0 Å². The monoisotopic (exact) mass is 1100 g/mol. The van der Waals surface area contributed by atoms with Gasteiger partial charge in [-0.15, -0.1) is 0 Å². The highest BCUT2D eigenvalue weighted by Gasteiger charge is 2.23.